The lowest BCUT2D eigenvalue weighted by Gasteiger charge is -2.29. The minimum absolute atomic E-state index is 0.437. The molecule has 0 amide bonds. The molecule has 1 aromatic rings. The zero-order valence-corrected chi connectivity index (χ0v) is 12.1. The van der Waals surface area contributed by atoms with Crippen molar-refractivity contribution in [3.63, 3.8) is 0 Å². The summed E-state index contributed by atoms with van der Waals surface area (Å²) in [7, 11) is 0. The number of anilines is 1. The van der Waals surface area contributed by atoms with Crippen molar-refractivity contribution in [2.45, 2.75) is 39.7 Å². The molecule has 0 unspecified atom stereocenters. The summed E-state index contributed by atoms with van der Waals surface area (Å²) in [5.74, 6) is 0.519. The Bertz CT molecular complexity index is 423. The van der Waals surface area contributed by atoms with Gasteiger partial charge >= 0.3 is 0 Å². The highest BCUT2D eigenvalue weighted by atomic mass is 16.3. The van der Waals surface area contributed by atoms with E-state index in [1.165, 1.54) is 0 Å². The molecule has 1 aromatic carbocycles. The van der Waals surface area contributed by atoms with Crippen LogP contribution in [0.5, 0.6) is 0 Å². The molecule has 3 heteroatoms. The van der Waals surface area contributed by atoms with Crippen LogP contribution in [0.25, 0.3) is 0 Å². The first kappa shape index (κ1) is 15.5. The van der Waals surface area contributed by atoms with Crippen molar-refractivity contribution in [3.05, 3.63) is 29.8 Å². The molecular formula is C16H24N2O. The number of aliphatic hydroxyl groups is 1. The van der Waals surface area contributed by atoms with Gasteiger partial charge < -0.3 is 10.0 Å². The molecule has 0 radical (unpaired) electrons. The van der Waals surface area contributed by atoms with E-state index in [4.69, 9.17) is 5.26 Å². The van der Waals surface area contributed by atoms with Gasteiger partial charge in [0, 0.05) is 24.3 Å². The summed E-state index contributed by atoms with van der Waals surface area (Å²) in [6.45, 7) is 7.91. The Morgan fingerprint density at radius 1 is 1.32 bits per heavy atom. The number of benzene rings is 1. The van der Waals surface area contributed by atoms with Crippen molar-refractivity contribution >= 4 is 5.69 Å². The first-order chi connectivity index (χ1) is 9.10. The predicted molar refractivity (Wildman–Crippen MR) is 79.0 cm³/mol. The molecule has 3 nitrogen and oxygen atoms in total. The topological polar surface area (TPSA) is 47.3 Å². The van der Waals surface area contributed by atoms with Gasteiger partial charge in [0.05, 0.1) is 18.6 Å². The summed E-state index contributed by atoms with van der Waals surface area (Å²) >= 11 is 0. The number of para-hydroxylation sites is 1. The lowest BCUT2D eigenvalue weighted by Crippen LogP contribution is -2.29. The van der Waals surface area contributed by atoms with Crippen LogP contribution >= 0.6 is 0 Å². The Kier molecular flexibility index (Phi) is 6.38. The summed E-state index contributed by atoms with van der Waals surface area (Å²) in [6, 6.07) is 10.2. The maximum Gasteiger partial charge on any atom is 0.0807 e. The van der Waals surface area contributed by atoms with Crippen molar-refractivity contribution in [3.8, 4) is 6.07 Å². The molecule has 0 aromatic heterocycles. The number of rotatable bonds is 7. The molecule has 1 N–H and O–H groups in total. The number of nitriles is 1. The minimum Gasteiger partial charge on any atom is -0.388 e. The second-order valence-electron chi connectivity index (χ2n) is 5.23. The molecule has 19 heavy (non-hydrogen) atoms. The van der Waals surface area contributed by atoms with Gasteiger partial charge in [0.15, 0.2) is 0 Å². The van der Waals surface area contributed by atoms with Gasteiger partial charge in [0.1, 0.15) is 0 Å². The maximum absolute atomic E-state index is 10.1. The molecule has 104 valence electrons. The zero-order chi connectivity index (χ0) is 14.3. The standard InChI is InChI=1S/C16H24N2O/c1-4-16(19)14-8-5-6-9-15(14)18(11-7-10-17)12-13(2)3/h5-6,8-9,13,16,19H,4,7,11-12H2,1-3H3/t16-/m0/s1. The Balaban J connectivity index is 3.03. The Morgan fingerprint density at radius 3 is 2.58 bits per heavy atom. The second-order valence-corrected chi connectivity index (χ2v) is 5.23. The van der Waals surface area contributed by atoms with Crippen molar-refractivity contribution in [1.29, 1.82) is 5.26 Å². The van der Waals surface area contributed by atoms with Gasteiger partial charge in [0.25, 0.3) is 0 Å². The number of hydrogen-bond donors (Lipinski definition) is 1. The molecule has 0 saturated carbocycles. The molecule has 0 fully saturated rings. The maximum atomic E-state index is 10.1. The van der Waals surface area contributed by atoms with Crippen LogP contribution in [-0.4, -0.2) is 18.2 Å². The van der Waals surface area contributed by atoms with Gasteiger partial charge in [-0.2, -0.15) is 5.26 Å². The Morgan fingerprint density at radius 2 is 2.00 bits per heavy atom. The fourth-order valence-electron chi connectivity index (χ4n) is 2.21. The molecule has 0 saturated heterocycles. The first-order valence-corrected chi connectivity index (χ1v) is 6.99. The van der Waals surface area contributed by atoms with Crippen LogP contribution in [-0.2, 0) is 0 Å². The average molecular weight is 260 g/mol. The Labute approximate surface area is 116 Å². The molecule has 0 aliphatic carbocycles. The molecule has 0 bridgehead atoms. The van der Waals surface area contributed by atoms with E-state index < -0.39 is 6.10 Å². The molecule has 0 aliphatic rings. The summed E-state index contributed by atoms with van der Waals surface area (Å²) in [5.41, 5.74) is 2.02. The predicted octanol–water partition coefficient (Wildman–Crippen LogP) is 3.51. The van der Waals surface area contributed by atoms with Crippen molar-refractivity contribution in [2.24, 2.45) is 5.92 Å². The lowest BCUT2D eigenvalue weighted by molar-refractivity contribution is 0.174. The molecular weight excluding hydrogens is 236 g/mol. The third-order valence-electron chi connectivity index (χ3n) is 3.10. The van der Waals surface area contributed by atoms with E-state index in [0.717, 1.165) is 17.8 Å². The fraction of sp³-hybridized carbons (Fsp3) is 0.562. The number of aliphatic hydroxyl groups excluding tert-OH is 1. The van der Waals surface area contributed by atoms with Crippen molar-refractivity contribution in [2.75, 3.05) is 18.0 Å². The van der Waals surface area contributed by atoms with Crippen LogP contribution in [0.15, 0.2) is 24.3 Å². The van der Waals surface area contributed by atoms with Gasteiger partial charge in [-0.15, -0.1) is 0 Å². The highest BCUT2D eigenvalue weighted by molar-refractivity contribution is 5.54. The van der Waals surface area contributed by atoms with Gasteiger partial charge in [-0.05, 0) is 18.4 Å². The quantitative estimate of drug-likeness (QED) is 0.816. The van der Waals surface area contributed by atoms with Crippen LogP contribution in [0.4, 0.5) is 5.69 Å². The van der Waals surface area contributed by atoms with E-state index in [9.17, 15) is 5.11 Å². The van der Waals surface area contributed by atoms with Gasteiger partial charge in [-0.1, -0.05) is 39.0 Å². The van der Waals surface area contributed by atoms with Crippen LogP contribution in [0.3, 0.4) is 0 Å². The van der Waals surface area contributed by atoms with E-state index in [-0.39, 0.29) is 0 Å². The second kappa shape index (κ2) is 7.81. The largest absolute Gasteiger partial charge is 0.388 e. The average Bonchev–Trinajstić information content (AvgIpc) is 2.42. The van der Waals surface area contributed by atoms with E-state index in [2.05, 4.69) is 24.8 Å². The minimum atomic E-state index is -0.437. The van der Waals surface area contributed by atoms with E-state index in [1.54, 1.807) is 0 Å². The van der Waals surface area contributed by atoms with Gasteiger partial charge in [-0.25, -0.2) is 0 Å². The molecule has 0 heterocycles. The lowest BCUT2D eigenvalue weighted by atomic mass is 10.0. The van der Waals surface area contributed by atoms with Gasteiger partial charge in [-0.3, -0.25) is 0 Å². The molecule has 1 rings (SSSR count). The highest BCUT2D eigenvalue weighted by Crippen LogP contribution is 2.28. The summed E-state index contributed by atoms with van der Waals surface area (Å²) < 4.78 is 0. The van der Waals surface area contributed by atoms with Crippen LogP contribution in [0, 0.1) is 17.2 Å². The van der Waals surface area contributed by atoms with E-state index >= 15 is 0 Å². The van der Waals surface area contributed by atoms with Crippen LogP contribution in [0.1, 0.15) is 45.3 Å². The van der Waals surface area contributed by atoms with Crippen LogP contribution in [0.2, 0.25) is 0 Å². The first-order valence-electron chi connectivity index (χ1n) is 6.99. The summed E-state index contributed by atoms with van der Waals surface area (Å²) in [4.78, 5) is 2.21. The van der Waals surface area contributed by atoms with Crippen LogP contribution < -0.4 is 4.90 Å². The third-order valence-corrected chi connectivity index (χ3v) is 3.10. The Hall–Kier alpha value is -1.53. The van der Waals surface area contributed by atoms with E-state index in [0.29, 0.717) is 25.3 Å². The SMILES string of the molecule is CC[C@H](O)c1ccccc1N(CCC#N)CC(C)C. The van der Waals surface area contributed by atoms with Crippen molar-refractivity contribution in [1.82, 2.24) is 0 Å². The summed E-state index contributed by atoms with van der Waals surface area (Å²) in [6.07, 6.45) is 0.765. The fourth-order valence-corrected chi connectivity index (χ4v) is 2.21. The normalized spacial score (nSPS) is 12.2. The molecule has 0 spiro atoms. The number of hydrogen-bond acceptors (Lipinski definition) is 3. The smallest absolute Gasteiger partial charge is 0.0807 e. The van der Waals surface area contributed by atoms with E-state index in [1.807, 2.05) is 31.2 Å². The van der Waals surface area contributed by atoms with Crippen molar-refractivity contribution < 1.29 is 5.11 Å². The molecule has 1 atom stereocenters. The molecule has 0 aliphatic heterocycles. The highest BCUT2D eigenvalue weighted by Gasteiger charge is 2.16. The third kappa shape index (κ3) is 4.57. The number of nitrogens with zero attached hydrogens (tertiary/aromatic N) is 2. The van der Waals surface area contributed by atoms with Gasteiger partial charge in [0.2, 0.25) is 0 Å². The summed E-state index contributed by atoms with van der Waals surface area (Å²) in [5, 5.41) is 18.9. The monoisotopic (exact) mass is 260 g/mol. The zero-order valence-electron chi connectivity index (χ0n) is 12.1.